The summed E-state index contributed by atoms with van der Waals surface area (Å²) < 4.78 is 4.73. The first-order chi connectivity index (χ1) is 5.24. The summed E-state index contributed by atoms with van der Waals surface area (Å²) in [6.45, 7) is 5.52. The van der Waals surface area contributed by atoms with Crippen LogP contribution in [0.15, 0.2) is 12.2 Å². The van der Waals surface area contributed by atoms with E-state index in [1.807, 2.05) is 0 Å². The van der Waals surface area contributed by atoms with Crippen molar-refractivity contribution in [2.75, 3.05) is 26.8 Å². The molecule has 1 aliphatic rings. The predicted molar refractivity (Wildman–Crippen MR) is 42.2 cm³/mol. The summed E-state index contributed by atoms with van der Waals surface area (Å²) in [7, 11) is 1.53. The van der Waals surface area contributed by atoms with Crippen LogP contribution in [0.3, 0.4) is 0 Å². The largest absolute Gasteiger partial charge is 0.375 e. The molecule has 0 aromatic heterocycles. The Morgan fingerprint density at radius 3 is 3.00 bits per heavy atom. The highest BCUT2D eigenvalue weighted by Crippen LogP contribution is 2.12. The predicted octanol–water partition coefficient (Wildman–Crippen LogP) is 0.421. The van der Waals surface area contributed by atoms with Crippen LogP contribution in [-0.2, 0) is 9.53 Å². The first-order valence-corrected chi connectivity index (χ1v) is 3.67. The van der Waals surface area contributed by atoms with E-state index in [1.54, 1.807) is 4.90 Å². The van der Waals surface area contributed by atoms with Crippen molar-refractivity contribution < 1.29 is 9.53 Å². The van der Waals surface area contributed by atoms with Crippen LogP contribution in [0.5, 0.6) is 0 Å². The second-order valence-corrected chi connectivity index (χ2v) is 2.75. The van der Waals surface area contributed by atoms with E-state index >= 15 is 0 Å². The van der Waals surface area contributed by atoms with Gasteiger partial charge in [-0.05, 0) is 6.42 Å². The lowest BCUT2D eigenvalue weighted by molar-refractivity contribution is -0.133. The summed E-state index contributed by atoms with van der Waals surface area (Å²) >= 11 is 0. The number of amides is 1. The molecule has 0 saturated carbocycles. The third kappa shape index (κ3) is 2.05. The first kappa shape index (κ1) is 8.27. The van der Waals surface area contributed by atoms with Gasteiger partial charge in [0.05, 0.1) is 0 Å². The number of nitrogens with zero attached hydrogens (tertiary/aromatic N) is 1. The Kier molecular flexibility index (Phi) is 2.65. The Labute approximate surface area is 66.6 Å². The summed E-state index contributed by atoms with van der Waals surface area (Å²) in [4.78, 5) is 12.9. The Morgan fingerprint density at radius 1 is 1.82 bits per heavy atom. The zero-order valence-corrected chi connectivity index (χ0v) is 6.80. The highest BCUT2D eigenvalue weighted by atomic mass is 16.5. The van der Waals surface area contributed by atoms with Crippen molar-refractivity contribution in [1.82, 2.24) is 4.90 Å². The van der Waals surface area contributed by atoms with Crippen LogP contribution in [0.25, 0.3) is 0 Å². The number of carbonyl (C=O) groups is 1. The fourth-order valence-electron chi connectivity index (χ4n) is 1.15. The third-order valence-corrected chi connectivity index (χ3v) is 1.77. The van der Waals surface area contributed by atoms with Gasteiger partial charge in [-0.25, -0.2) is 0 Å². The molecular formula is C8H13NO2. The van der Waals surface area contributed by atoms with Crippen LogP contribution in [-0.4, -0.2) is 37.6 Å². The molecule has 0 aromatic carbocycles. The number of rotatable bonds is 2. The van der Waals surface area contributed by atoms with Crippen molar-refractivity contribution >= 4 is 5.91 Å². The summed E-state index contributed by atoms with van der Waals surface area (Å²) in [5.41, 5.74) is 1.13. The minimum Gasteiger partial charge on any atom is -0.375 e. The number of likely N-dealkylation sites (tertiary alicyclic amines) is 1. The standard InChI is InChI=1S/C8H13NO2/c1-7-3-4-9(5-7)8(10)6-11-2/h1,3-6H2,2H3. The van der Waals surface area contributed by atoms with Crippen molar-refractivity contribution in [2.24, 2.45) is 0 Å². The van der Waals surface area contributed by atoms with Crippen molar-refractivity contribution in [1.29, 1.82) is 0 Å². The van der Waals surface area contributed by atoms with E-state index in [2.05, 4.69) is 6.58 Å². The van der Waals surface area contributed by atoms with Gasteiger partial charge in [-0.2, -0.15) is 0 Å². The maximum absolute atomic E-state index is 11.2. The molecule has 0 N–H and O–H groups in total. The van der Waals surface area contributed by atoms with Crippen molar-refractivity contribution in [2.45, 2.75) is 6.42 Å². The summed E-state index contributed by atoms with van der Waals surface area (Å²) in [5, 5.41) is 0. The molecule has 0 spiro atoms. The molecule has 0 aliphatic carbocycles. The van der Waals surface area contributed by atoms with Gasteiger partial charge in [-0.1, -0.05) is 12.2 Å². The zero-order chi connectivity index (χ0) is 8.27. The average Bonchev–Trinajstić information content (AvgIpc) is 2.36. The van der Waals surface area contributed by atoms with E-state index in [9.17, 15) is 4.79 Å². The molecule has 1 heterocycles. The highest BCUT2D eigenvalue weighted by molar-refractivity contribution is 5.78. The minimum atomic E-state index is 0.0613. The lowest BCUT2D eigenvalue weighted by Crippen LogP contribution is -2.30. The van der Waals surface area contributed by atoms with E-state index in [-0.39, 0.29) is 12.5 Å². The Bertz CT molecular complexity index is 177. The number of ether oxygens (including phenoxy) is 1. The number of carbonyl (C=O) groups excluding carboxylic acids is 1. The second kappa shape index (κ2) is 3.53. The Hall–Kier alpha value is -0.830. The maximum Gasteiger partial charge on any atom is 0.248 e. The van der Waals surface area contributed by atoms with Gasteiger partial charge in [-0.3, -0.25) is 4.79 Å². The Balaban J connectivity index is 2.37. The van der Waals surface area contributed by atoms with Crippen molar-refractivity contribution in [3.63, 3.8) is 0 Å². The quantitative estimate of drug-likeness (QED) is 0.541. The molecule has 0 aromatic rings. The van der Waals surface area contributed by atoms with Gasteiger partial charge < -0.3 is 9.64 Å². The van der Waals surface area contributed by atoms with Gasteiger partial charge in [0, 0.05) is 20.2 Å². The molecule has 0 unspecified atom stereocenters. The van der Waals surface area contributed by atoms with Gasteiger partial charge in [0.25, 0.3) is 0 Å². The van der Waals surface area contributed by atoms with Gasteiger partial charge in [0.2, 0.25) is 5.91 Å². The fraction of sp³-hybridized carbons (Fsp3) is 0.625. The molecule has 3 nitrogen and oxygen atoms in total. The molecule has 0 radical (unpaired) electrons. The maximum atomic E-state index is 11.2. The molecule has 11 heavy (non-hydrogen) atoms. The van der Waals surface area contributed by atoms with Gasteiger partial charge >= 0.3 is 0 Å². The topological polar surface area (TPSA) is 29.5 Å². The Morgan fingerprint density at radius 2 is 2.55 bits per heavy atom. The molecular weight excluding hydrogens is 142 g/mol. The van der Waals surface area contributed by atoms with Gasteiger partial charge in [-0.15, -0.1) is 0 Å². The lowest BCUT2D eigenvalue weighted by atomic mass is 10.3. The van der Waals surface area contributed by atoms with Crippen LogP contribution < -0.4 is 0 Å². The van der Waals surface area contributed by atoms with Gasteiger partial charge in [0.15, 0.2) is 0 Å². The van der Waals surface area contributed by atoms with Crippen LogP contribution >= 0.6 is 0 Å². The SMILES string of the molecule is C=C1CCN(C(=O)COC)C1. The summed E-state index contributed by atoms with van der Waals surface area (Å²) in [6, 6.07) is 0. The minimum absolute atomic E-state index is 0.0613. The molecule has 1 saturated heterocycles. The van der Waals surface area contributed by atoms with E-state index in [0.717, 1.165) is 18.5 Å². The molecule has 0 atom stereocenters. The van der Waals surface area contributed by atoms with Gasteiger partial charge in [0.1, 0.15) is 6.61 Å². The zero-order valence-electron chi connectivity index (χ0n) is 6.80. The molecule has 3 heteroatoms. The highest BCUT2D eigenvalue weighted by Gasteiger charge is 2.19. The molecule has 1 amide bonds. The third-order valence-electron chi connectivity index (χ3n) is 1.77. The molecule has 1 rings (SSSR count). The lowest BCUT2D eigenvalue weighted by Gasteiger charge is -2.13. The molecule has 1 fully saturated rings. The average molecular weight is 155 g/mol. The molecule has 62 valence electrons. The monoisotopic (exact) mass is 155 g/mol. The van der Waals surface area contributed by atoms with E-state index in [4.69, 9.17) is 4.74 Å². The first-order valence-electron chi connectivity index (χ1n) is 3.67. The summed E-state index contributed by atoms with van der Waals surface area (Å²) in [6.07, 6.45) is 0.940. The number of methoxy groups -OCH3 is 1. The fourth-order valence-corrected chi connectivity index (χ4v) is 1.15. The van der Waals surface area contributed by atoms with Crippen LogP contribution in [0.4, 0.5) is 0 Å². The van der Waals surface area contributed by atoms with Crippen LogP contribution in [0.1, 0.15) is 6.42 Å². The van der Waals surface area contributed by atoms with Crippen LogP contribution in [0, 0.1) is 0 Å². The summed E-state index contributed by atoms with van der Waals surface area (Å²) in [5.74, 6) is 0.0613. The molecule has 1 aliphatic heterocycles. The van der Waals surface area contributed by atoms with E-state index in [0.29, 0.717) is 6.54 Å². The molecule has 0 bridgehead atoms. The normalized spacial score (nSPS) is 17.5. The van der Waals surface area contributed by atoms with E-state index < -0.39 is 0 Å². The van der Waals surface area contributed by atoms with Crippen LogP contribution in [0.2, 0.25) is 0 Å². The number of hydrogen-bond acceptors (Lipinski definition) is 2. The van der Waals surface area contributed by atoms with E-state index in [1.165, 1.54) is 7.11 Å². The van der Waals surface area contributed by atoms with Crippen molar-refractivity contribution in [3.8, 4) is 0 Å². The second-order valence-electron chi connectivity index (χ2n) is 2.75. The smallest absolute Gasteiger partial charge is 0.248 e. The number of hydrogen-bond donors (Lipinski definition) is 0. The van der Waals surface area contributed by atoms with Crippen molar-refractivity contribution in [3.05, 3.63) is 12.2 Å².